The highest BCUT2D eigenvalue weighted by molar-refractivity contribution is 5.55. The maximum absolute atomic E-state index is 10.2. The summed E-state index contributed by atoms with van der Waals surface area (Å²) < 4.78 is 33.9. The Morgan fingerprint density at radius 1 is 0.704 bits per heavy atom. The molecular weight excluding hydrogens is 352 g/mol. The fourth-order valence-electron chi connectivity index (χ4n) is 4.50. The molecule has 4 heterocycles. The second-order valence-corrected chi connectivity index (χ2v) is 7.22. The Hall–Kier alpha value is -2.64. The van der Waals surface area contributed by atoms with E-state index in [2.05, 4.69) is 0 Å². The standard InChI is InChI=1S/C20H18O7/c21-14-3-11(5-17-20(14)27-9-26-17)19-13-7-22-18(12(13)6-23-19)10-1-2-15-16(4-10)25-8-24-15/h1-5,12-13,18-19,21H,6-9H2/t12-,13-,18+,19+/m0/s1. The van der Waals surface area contributed by atoms with Crippen LogP contribution < -0.4 is 18.9 Å². The van der Waals surface area contributed by atoms with Gasteiger partial charge in [-0.25, -0.2) is 0 Å². The van der Waals surface area contributed by atoms with Crippen molar-refractivity contribution < 1.29 is 33.5 Å². The average Bonchev–Trinajstić information content (AvgIpc) is 3.43. The van der Waals surface area contributed by atoms with Gasteiger partial charge < -0.3 is 33.5 Å². The molecule has 1 N–H and O–H groups in total. The fourth-order valence-corrected chi connectivity index (χ4v) is 4.50. The summed E-state index contributed by atoms with van der Waals surface area (Å²) in [6, 6.07) is 9.55. The van der Waals surface area contributed by atoms with E-state index in [1.807, 2.05) is 24.3 Å². The van der Waals surface area contributed by atoms with Crippen LogP contribution in [-0.2, 0) is 9.47 Å². The van der Waals surface area contributed by atoms with Crippen molar-refractivity contribution in [2.45, 2.75) is 12.2 Å². The average molecular weight is 370 g/mol. The van der Waals surface area contributed by atoms with Gasteiger partial charge in [0.05, 0.1) is 25.4 Å². The number of rotatable bonds is 2. The van der Waals surface area contributed by atoms with Gasteiger partial charge in [-0.05, 0) is 35.4 Å². The molecule has 2 fully saturated rings. The lowest BCUT2D eigenvalue weighted by Crippen LogP contribution is -2.14. The molecular formula is C20H18O7. The summed E-state index contributed by atoms with van der Waals surface area (Å²) in [6.07, 6.45) is -0.188. The van der Waals surface area contributed by atoms with E-state index in [0.717, 1.165) is 22.6 Å². The van der Waals surface area contributed by atoms with Crippen molar-refractivity contribution in [3.05, 3.63) is 41.5 Å². The molecule has 0 spiro atoms. The number of benzene rings is 2. The van der Waals surface area contributed by atoms with Gasteiger partial charge >= 0.3 is 0 Å². The Kier molecular flexibility index (Phi) is 3.24. The third-order valence-electron chi connectivity index (χ3n) is 5.79. The predicted molar refractivity (Wildman–Crippen MR) is 91.2 cm³/mol. The van der Waals surface area contributed by atoms with E-state index in [-0.39, 0.29) is 43.4 Å². The number of hydrogen-bond donors (Lipinski definition) is 1. The molecule has 4 aliphatic heterocycles. The van der Waals surface area contributed by atoms with Crippen LogP contribution >= 0.6 is 0 Å². The largest absolute Gasteiger partial charge is 0.504 e. The van der Waals surface area contributed by atoms with Gasteiger partial charge in [0.15, 0.2) is 23.0 Å². The van der Waals surface area contributed by atoms with Gasteiger partial charge in [-0.15, -0.1) is 0 Å². The van der Waals surface area contributed by atoms with Gasteiger partial charge in [-0.3, -0.25) is 0 Å². The number of ether oxygens (including phenoxy) is 6. The molecule has 2 aromatic carbocycles. The molecule has 0 aliphatic carbocycles. The summed E-state index contributed by atoms with van der Waals surface area (Å²) in [5.41, 5.74) is 1.96. The fraction of sp³-hybridized carbons (Fsp3) is 0.400. The number of aromatic hydroxyl groups is 1. The summed E-state index contributed by atoms with van der Waals surface area (Å²) in [6.45, 7) is 1.58. The van der Waals surface area contributed by atoms with Crippen molar-refractivity contribution in [2.75, 3.05) is 26.8 Å². The lowest BCUT2D eigenvalue weighted by molar-refractivity contribution is 0.0191. The Morgan fingerprint density at radius 2 is 1.37 bits per heavy atom. The van der Waals surface area contributed by atoms with Gasteiger partial charge in [-0.1, -0.05) is 6.07 Å². The molecule has 4 aliphatic rings. The first kappa shape index (κ1) is 15.4. The van der Waals surface area contributed by atoms with Crippen LogP contribution in [-0.4, -0.2) is 31.9 Å². The zero-order chi connectivity index (χ0) is 18.0. The van der Waals surface area contributed by atoms with Gasteiger partial charge in [-0.2, -0.15) is 0 Å². The van der Waals surface area contributed by atoms with Crippen molar-refractivity contribution in [3.8, 4) is 28.7 Å². The van der Waals surface area contributed by atoms with Crippen molar-refractivity contribution in [1.29, 1.82) is 0 Å². The van der Waals surface area contributed by atoms with Crippen LogP contribution in [0.3, 0.4) is 0 Å². The van der Waals surface area contributed by atoms with E-state index in [0.29, 0.717) is 24.7 Å². The zero-order valence-electron chi connectivity index (χ0n) is 14.4. The molecule has 7 nitrogen and oxygen atoms in total. The first-order valence-electron chi connectivity index (χ1n) is 9.03. The number of phenols is 1. The minimum atomic E-state index is -0.144. The van der Waals surface area contributed by atoms with Gasteiger partial charge in [0.25, 0.3) is 0 Å². The van der Waals surface area contributed by atoms with Crippen LogP contribution in [0, 0.1) is 11.8 Å². The van der Waals surface area contributed by atoms with Gasteiger partial charge in [0.2, 0.25) is 19.3 Å². The normalized spacial score (nSPS) is 29.9. The number of phenolic OH excluding ortho intramolecular Hbond substituents is 1. The maximum atomic E-state index is 10.2. The molecule has 0 radical (unpaired) electrons. The van der Waals surface area contributed by atoms with E-state index in [9.17, 15) is 5.11 Å². The molecule has 27 heavy (non-hydrogen) atoms. The highest BCUT2D eigenvalue weighted by atomic mass is 16.7. The molecule has 2 saturated heterocycles. The summed E-state index contributed by atoms with van der Waals surface area (Å²) in [7, 11) is 0. The summed E-state index contributed by atoms with van der Waals surface area (Å²) in [5.74, 6) is 3.01. The van der Waals surface area contributed by atoms with Crippen LogP contribution in [0.15, 0.2) is 30.3 Å². The molecule has 0 amide bonds. The van der Waals surface area contributed by atoms with E-state index >= 15 is 0 Å². The molecule has 0 bridgehead atoms. The van der Waals surface area contributed by atoms with Gasteiger partial charge in [0, 0.05) is 11.8 Å². The molecule has 0 aromatic heterocycles. The van der Waals surface area contributed by atoms with Crippen molar-refractivity contribution in [1.82, 2.24) is 0 Å². The Morgan fingerprint density at radius 3 is 2.22 bits per heavy atom. The molecule has 7 heteroatoms. The molecule has 0 unspecified atom stereocenters. The SMILES string of the molecule is Oc1cc([C@H]2OC[C@H]3[C@@H]2CO[C@@H]3c2ccc3c(c2)OCO3)cc2c1OCO2. The Bertz CT molecular complexity index is 911. The second-order valence-electron chi connectivity index (χ2n) is 7.22. The summed E-state index contributed by atoms with van der Waals surface area (Å²) in [5, 5.41) is 10.2. The predicted octanol–water partition coefficient (Wildman–Crippen LogP) is 2.92. The minimum absolute atomic E-state index is 0.0443. The number of hydrogen-bond acceptors (Lipinski definition) is 7. The van der Waals surface area contributed by atoms with Crippen molar-refractivity contribution in [3.63, 3.8) is 0 Å². The second kappa shape index (κ2) is 5.68. The molecule has 2 aromatic rings. The molecule has 4 atom stereocenters. The highest BCUT2D eigenvalue weighted by Crippen LogP contribution is 2.53. The number of fused-ring (bicyclic) bond motifs is 3. The smallest absolute Gasteiger partial charge is 0.231 e. The summed E-state index contributed by atoms with van der Waals surface area (Å²) in [4.78, 5) is 0. The van der Waals surface area contributed by atoms with Crippen molar-refractivity contribution in [2.24, 2.45) is 11.8 Å². The van der Waals surface area contributed by atoms with Crippen LogP contribution in [0.2, 0.25) is 0 Å². The lowest BCUT2D eigenvalue weighted by Gasteiger charge is -2.17. The van der Waals surface area contributed by atoms with E-state index in [1.165, 1.54) is 0 Å². The van der Waals surface area contributed by atoms with Gasteiger partial charge in [0.1, 0.15) is 0 Å². The Balaban J connectivity index is 1.28. The molecule has 6 rings (SSSR count). The first-order chi connectivity index (χ1) is 13.3. The van der Waals surface area contributed by atoms with E-state index in [4.69, 9.17) is 28.4 Å². The zero-order valence-corrected chi connectivity index (χ0v) is 14.4. The lowest BCUT2D eigenvalue weighted by atomic mass is 9.85. The van der Waals surface area contributed by atoms with Crippen molar-refractivity contribution >= 4 is 0 Å². The van der Waals surface area contributed by atoms with Crippen LogP contribution in [0.25, 0.3) is 0 Å². The molecule has 0 saturated carbocycles. The third-order valence-corrected chi connectivity index (χ3v) is 5.79. The first-order valence-corrected chi connectivity index (χ1v) is 9.03. The maximum Gasteiger partial charge on any atom is 0.231 e. The quantitative estimate of drug-likeness (QED) is 0.871. The Labute approximate surface area is 155 Å². The van der Waals surface area contributed by atoms with Crippen LogP contribution in [0.5, 0.6) is 28.7 Å². The highest BCUT2D eigenvalue weighted by Gasteiger charge is 2.48. The van der Waals surface area contributed by atoms with Crippen LogP contribution in [0.4, 0.5) is 0 Å². The third kappa shape index (κ3) is 2.28. The van der Waals surface area contributed by atoms with E-state index < -0.39 is 0 Å². The summed E-state index contributed by atoms with van der Waals surface area (Å²) >= 11 is 0. The molecule has 140 valence electrons. The topological polar surface area (TPSA) is 75.6 Å². The van der Waals surface area contributed by atoms with Crippen LogP contribution in [0.1, 0.15) is 23.3 Å². The van der Waals surface area contributed by atoms with E-state index in [1.54, 1.807) is 6.07 Å². The monoisotopic (exact) mass is 370 g/mol. The minimum Gasteiger partial charge on any atom is -0.504 e.